The predicted molar refractivity (Wildman–Crippen MR) is 115 cm³/mol. The van der Waals surface area contributed by atoms with E-state index in [-0.39, 0.29) is 5.82 Å². The molecule has 1 aromatic carbocycles. The topological polar surface area (TPSA) is 82.1 Å². The van der Waals surface area contributed by atoms with Crippen molar-refractivity contribution in [3.63, 3.8) is 0 Å². The highest BCUT2D eigenvalue weighted by Gasteiger charge is 2.22. The maximum atomic E-state index is 15.0. The first-order chi connectivity index (χ1) is 14.5. The summed E-state index contributed by atoms with van der Waals surface area (Å²) in [6.07, 6.45) is 3.85. The zero-order valence-corrected chi connectivity index (χ0v) is 17.5. The van der Waals surface area contributed by atoms with Crippen molar-refractivity contribution < 1.29 is 4.39 Å². The van der Waals surface area contributed by atoms with Gasteiger partial charge in [0.15, 0.2) is 16.6 Å². The van der Waals surface area contributed by atoms with E-state index in [1.807, 2.05) is 20.0 Å². The fourth-order valence-corrected chi connectivity index (χ4v) is 4.99. The molecule has 0 bridgehead atoms. The van der Waals surface area contributed by atoms with Gasteiger partial charge in [0.25, 0.3) is 0 Å². The molecule has 152 valence electrons. The molecule has 0 atom stereocenters. The van der Waals surface area contributed by atoms with Gasteiger partial charge in [0, 0.05) is 18.7 Å². The first-order valence-corrected chi connectivity index (χ1v) is 10.7. The molecule has 1 aliphatic heterocycles. The van der Waals surface area contributed by atoms with Gasteiger partial charge in [-0.25, -0.2) is 18.9 Å². The Morgan fingerprint density at radius 3 is 2.83 bits per heavy atom. The van der Waals surface area contributed by atoms with Crippen LogP contribution in [-0.4, -0.2) is 45.8 Å². The minimum atomic E-state index is -0.383. The number of nitriles is 1. The minimum absolute atomic E-state index is 0.375. The number of piperidine rings is 1. The number of halogens is 1. The van der Waals surface area contributed by atoms with Crippen molar-refractivity contribution in [3.8, 4) is 17.3 Å². The van der Waals surface area contributed by atoms with Crippen molar-refractivity contribution in [1.29, 1.82) is 5.26 Å². The Morgan fingerprint density at radius 2 is 2.07 bits per heavy atom. The molecule has 7 nitrogen and oxygen atoms in total. The standard InChI is InChI=1S/C21H20FN7S/c1-12-11-29-20(25-12)14(10-23)8-17(27-29)13-7-16(22)19-18(9-13)30-21(26-19)28(2)15-3-5-24-6-4-15/h7-9,11,15,24H,3-6H2,1-2H3. The summed E-state index contributed by atoms with van der Waals surface area (Å²) < 4.78 is 17.3. The molecule has 1 N–H and O–H groups in total. The van der Waals surface area contributed by atoms with Crippen LogP contribution in [0.15, 0.2) is 24.4 Å². The Hall–Kier alpha value is -3.09. The third-order valence-corrected chi connectivity index (χ3v) is 6.65. The van der Waals surface area contributed by atoms with Gasteiger partial charge in [0.1, 0.15) is 11.6 Å². The van der Waals surface area contributed by atoms with Crippen molar-refractivity contribution in [3.05, 3.63) is 41.5 Å². The number of fused-ring (bicyclic) bond motifs is 2. The number of benzene rings is 1. The fraction of sp³-hybridized carbons (Fsp3) is 0.333. The van der Waals surface area contributed by atoms with Gasteiger partial charge in [-0.1, -0.05) is 11.3 Å². The van der Waals surface area contributed by atoms with E-state index in [1.165, 1.54) is 17.4 Å². The van der Waals surface area contributed by atoms with Crippen LogP contribution >= 0.6 is 11.3 Å². The van der Waals surface area contributed by atoms with Gasteiger partial charge in [-0.3, -0.25) is 0 Å². The summed E-state index contributed by atoms with van der Waals surface area (Å²) in [6, 6.07) is 7.56. The van der Waals surface area contributed by atoms with Crippen LogP contribution < -0.4 is 10.2 Å². The van der Waals surface area contributed by atoms with Gasteiger partial charge in [0.2, 0.25) is 0 Å². The third-order valence-electron chi connectivity index (χ3n) is 5.56. The molecule has 9 heteroatoms. The Labute approximate surface area is 176 Å². The molecule has 5 rings (SSSR count). The molecular weight excluding hydrogens is 401 g/mol. The van der Waals surface area contributed by atoms with Gasteiger partial charge >= 0.3 is 0 Å². The number of thiazole rings is 1. The molecule has 0 radical (unpaired) electrons. The summed E-state index contributed by atoms with van der Waals surface area (Å²) in [5.41, 5.74) is 3.20. The molecule has 1 saturated heterocycles. The summed E-state index contributed by atoms with van der Waals surface area (Å²) in [7, 11) is 2.03. The molecule has 30 heavy (non-hydrogen) atoms. The van der Waals surface area contributed by atoms with Gasteiger partial charge in [-0.05, 0) is 51.1 Å². The summed E-state index contributed by atoms with van der Waals surface area (Å²) >= 11 is 1.48. The van der Waals surface area contributed by atoms with Crippen molar-refractivity contribution in [2.45, 2.75) is 25.8 Å². The molecule has 3 aromatic heterocycles. The van der Waals surface area contributed by atoms with E-state index in [2.05, 4.69) is 31.4 Å². The number of nitrogens with one attached hydrogen (secondary N) is 1. The van der Waals surface area contributed by atoms with Crippen LogP contribution in [0.2, 0.25) is 0 Å². The van der Waals surface area contributed by atoms with Gasteiger partial charge in [0.05, 0.1) is 27.8 Å². The molecule has 0 saturated carbocycles. The number of imidazole rings is 1. The number of nitrogens with zero attached hydrogens (tertiary/aromatic N) is 6. The average molecular weight is 422 g/mol. The zero-order valence-electron chi connectivity index (χ0n) is 16.7. The number of rotatable bonds is 3. The van der Waals surface area contributed by atoms with Gasteiger partial charge in [-0.15, -0.1) is 0 Å². The lowest BCUT2D eigenvalue weighted by Crippen LogP contribution is -2.41. The molecule has 0 amide bonds. The molecule has 0 unspecified atom stereocenters. The highest BCUT2D eigenvalue weighted by Crippen LogP contribution is 2.35. The van der Waals surface area contributed by atoms with E-state index < -0.39 is 0 Å². The van der Waals surface area contributed by atoms with Gasteiger partial charge in [-0.2, -0.15) is 10.4 Å². The summed E-state index contributed by atoms with van der Waals surface area (Å²) in [6.45, 7) is 3.82. The van der Waals surface area contributed by atoms with Crippen LogP contribution in [0.3, 0.4) is 0 Å². The number of aryl methyl sites for hydroxylation is 1. The summed E-state index contributed by atoms with van der Waals surface area (Å²) in [5.74, 6) is -0.383. The SMILES string of the molecule is Cc1cn2nc(-c3cc(F)c4nc(N(C)C5CCNCC5)sc4c3)cc(C#N)c2n1. The minimum Gasteiger partial charge on any atom is -0.348 e. The molecule has 0 aliphatic carbocycles. The molecule has 1 aliphatic rings. The first kappa shape index (κ1) is 18.9. The first-order valence-electron chi connectivity index (χ1n) is 9.84. The molecule has 0 spiro atoms. The molecule has 4 aromatic rings. The number of hydrogen-bond donors (Lipinski definition) is 1. The van der Waals surface area contributed by atoms with Crippen LogP contribution in [0.1, 0.15) is 24.1 Å². The summed E-state index contributed by atoms with van der Waals surface area (Å²) in [5, 5.41) is 18.2. The second-order valence-electron chi connectivity index (χ2n) is 7.60. The largest absolute Gasteiger partial charge is 0.348 e. The number of anilines is 1. The van der Waals surface area contributed by atoms with Crippen molar-refractivity contribution >= 4 is 32.3 Å². The van der Waals surface area contributed by atoms with Gasteiger partial charge < -0.3 is 10.2 Å². The average Bonchev–Trinajstić information content (AvgIpc) is 3.36. The Kier molecular flexibility index (Phi) is 4.60. The van der Waals surface area contributed by atoms with Crippen molar-refractivity contribution in [2.75, 3.05) is 25.0 Å². The quantitative estimate of drug-likeness (QED) is 0.545. The lowest BCUT2D eigenvalue weighted by Gasteiger charge is -2.31. The van der Waals surface area contributed by atoms with E-state index >= 15 is 0 Å². The maximum Gasteiger partial charge on any atom is 0.186 e. The van der Waals surface area contributed by atoms with E-state index in [1.54, 1.807) is 16.8 Å². The predicted octanol–water partition coefficient (Wildman–Crippen LogP) is 3.51. The highest BCUT2D eigenvalue weighted by molar-refractivity contribution is 7.22. The Balaban J connectivity index is 1.58. The zero-order chi connectivity index (χ0) is 20.8. The van der Waals surface area contributed by atoms with E-state index in [0.717, 1.165) is 41.5 Å². The smallest absolute Gasteiger partial charge is 0.186 e. The second-order valence-corrected chi connectivity index (χ2v) is 8.61. The van der Waals surface area contributed by atoms with E-state index in [0.29, 0.717) is 34.0 Å². The third kappa shape index (κ3) is 3.18. The molecule has 1 fully saturated rings. The van der Waals surface area contributed by atoms with Crippen molar-refractivity contribution in [1.82, 2.24) is 24.9 Å². The monoisotopic (exact) mass is 421 g/mol. The van der Waals surface area contributed by atoms with E-state index in [4.69, 9.17) is 0 Å². The highest BCUT2D eigenvalue weighted by atomic mass is 32.1. The van der Waals surface area contributed by atoms with Crippen LogP contribution in [0.4, 0.5) is 9.52 Å². The summed E-state index contributed by atoms with van der Waals surface area (Å²) in [4.78, 5) is 11.1. The lowest BCUT2D eigenvalue weighted by atomic mass is 10.1. The molecular formula is C21H20FN7S. The number of aromatic nitrogens is 4. The van der Waals surface area contributed by atoms with Crippen LogP contribution in [-0.2, 0) is 0 Å². The Bertz CT molecular complexity index is 1300. The number of hydrogen-bond acceptors (Lipinski definition) is 7. The Morgan fingerprint density at radius 1 is 1.27 bits per heavy atom. The fourth-order valence-electron chi connectivity index (χ4n) is 3.94. The van der Waals surface area contributed by atoms with Crippen molar-refractivity contribution in [2.24, 2.45) is 0 Å². The molecule has 4 heterocycles. The lowest BCUT2D eigenvalue weighted by molar-refractivity contribution is 0.443. The normalized spacial score (nSPS) is 15.0. The van der Waals surface area contributed by atoms with Crippen LogP contribution in [0.25, 0.3) is 27.1 Å². The second kappa shape index (κ2) is 7.31. The van der Waals surface area contributed by atoms with Crippen LogP contribution in [0.5, 0.6) is 0 Å². The maximum absolute atomic E-state index is 15.0. The van der Waals surface area contributed by atoms with Crippen LogP contribution in [0, 0.1) is 24.1 Å². The van der Waals surface area contributed by atoms with E-state index in [9.17, 15) is 9.65 Å².